The molecule has 5 rings (SSSR count). The third-order valence-electron chi connectivity index (χ3n) is 7.15. The van der Waals surface area contributed by atoms with Crippen molar-refractivity contribution in [2.24, 2.45) is 11.8 Å². The Morgan fingerprint density at radius 2 is 0.955 bits per heavy atom. The molecule has 4 aromatic rings. The molecule has 0 aliphatic carbocycles. The topological polar surface area (TPSA) is 146 Å². The van der Waals surface area contributed by atoms with Crippen LogP contribution >= 0.6 is 22.7 Å². The van der Waals surface area contributed by atoms with Gasteiger partial charge >= 0.3 is 11.9 Å². The Kier molecular flexibility index (Phi) is 9.70. The molecule has 0 amide bonds. The second kappa shape index (κ2) is 13.6. The van der Waals surface area contributed by atoms with Crippen molar-refractivity contribution in [3.63, 3.8) is 0 Å². The van der Waals surface area contributed by atoms with E-state index in [0.29, 0.717) is 72.0 Å². The van der Waals surface area contributed by atoms with Gasteiger partial charge in [0.1, 0.15) is 0 Å². The molecule has 0 unspecified atom stereocenters. The fraction of sp³-hybridized carbons (Fsp3) is 0.375. The third kappa shape index (κ3) is 7.31. The smallest absolute Gasteiger partial charge is 0.306 e. The second-order valence-corrected chi connectivity index (χ2v) is 12.9. The molecule has 10 nitrogen and oxygen atoms in total. The predicted octanol–water partition coefficient (Wildman–Crippen LogP) is 6.71. The van der Waals surface area contributed by atoms with Crippen molar-refractivity contribution in [3.05, 3.63) is 46.2 Å². The zero-order valence-electron chi connectivity index (χ0n) is 24.3. The van der Waals surface area contributed by atoms with Crippen LogP contribution in [0.15, 0.2) is 36.4 Å². The Morgan fingerprint density at radius 1 is 0.614 bits per heavy atom. The van der Waals surface area contributed by atoms with Crippen molar-refractivity contribution < 1.29 is 48.3 Å². The number of carboxylic acid groups (broad SMARTS) is 2. The first-order valence-corrected chi connectivity index (χ1v) is 15.9. The molecule has 2 aromatic heterocycles. The molecule has 3 heterocycles. The van der Waals surface area contributed by atoms with Crippen LogP contribution in [-0.4, -0.2) is 60.1 Å². The number of ether oxygens (including phenoxy) is 4. The number of fused-ring (bicyclic) bond motifs is 4. The molecule has 1 aliphatic rings. The molecule has 2 aromatic carbocycles. The molecule has 0 radical (unpaired) electrons. The van der Waals surface area contributed by atoms with E-state index in [0.717, 1.165) is 20.2 Å². The van der Waals surface area contributed by atoms with Crippen molar-refractivity contribution in [1.29, 1.82) is 0 Å². The third-order valence-corrected chi connectivity index (χ3v) is 9.43. The predicted molar refractivity (Wildman–Crippen MR) is 166 cm³/mol. The van der Waals surface area contributed by atoms with Gasteiger partial charge in [-0.15, -0.1) is 22.7 Å². The average Bonchev–Trinajstić information content (AvgIpc) is 3.59. The molecule has 0 bridgehead atoms. The van der Waals surface area contributed by atoms with E-state index in [1.165, 1.54) is 36.5 Å². The van der Waals surface area contributed by atoms with E-state index in [9.17, 15) is 19.2 Å². The van der Waals surface area contributed by atoms with Crippen LogP contribution in [0.4, 0.5) is 0 Å². The molecule has 2 N–H and O–H groups in total. The van der Waals surface area contributed by atoms with Crippen LogP contribution in [0.3, 0.4) is 0 Å². The molecule has 12 heteroatoms. The highest BCUT2D eigenvalue weighted by Gasteiger charge is 2.22. The number of rotatable bonds is 8. The minimum atomic E-state index is -1.00. The van der Waals surface area contributed by atoms with Gasteiger partial charge in [0, 0.05) is 47.2 Å². The standard InChI is InChI=1S/C32H32O10S2/c1-17(31(35)36)9-21(33)29-13-19-11-23-25(15-27(19)43-29)41-7-4-8-42-26-16-28-20(12-24(26)40-6-3-5-39-23)14-30(44-28)22(34)10-18(2)32(37)38/h11-18H,3-10H2,1-2H3,(H,35,36)(H,37,38)/t17-,18-/m0/s1. The van der Waals surface area contributed by atoms with Gasteiger partial charge in [0.15, 0.2) is 34.6 Å². The number of carbonyl (C=O) groups excluding carboxylic acids is 2. The number of carboxylic acids is 2. The molecule has 232 valence electrons. The largest absolute Gasteiger partial charge is 0.490 e. The molecule has 0 fully saturated rings. The Balaban J connectivity index is 1.30. The van der Waals surface area contributed by atoms with Gasteiger partial charge in [0.25, 0.3) is 0 Å². The summed E-state index contributed by atoms with van der Waals surface area (Å²) < 4.78 is 26.0. The Morgan fingerprint density at radius 3 is 1.30 bits per heavy atom. The van der Waals surface area contributed by atoms with E-state index in [1.54, 1.807) is 12.1 Å². The van der Waals surface area contributed by atoms with E-state index >= 15 is 0 Å². The zero-order valence-corrected chi connectivity index (χ0v) is 25.9. The van der Waals surface area contributed by atoms with Gasteiger partial charge in [0.05, 0.1) is 48.0 Å². The van der Waals surface area contributed by atoms with Gasteiger partial charge in [0.2, 0.25) is 0 Å². The highest BCUT2D eigenvalue weighted by molar-refractivity contribution is 7.21. The lowest BCUT2D eigenvalue weighted by molar-refractivity contribution is -0.141. The van der Waals surface area contributed by atoms with E-state index in [1.807, 2.05) is 24.3 Å². The number of Topliss-reactive ketones (excluding diaryl/α,β-unsaturated/α-hetero) is 2. The highest BCUT2D eigenvalue weighted by atomic mass is 32.1. The van der Waals surface area contributed by atoms with Gasteiger partial charge < -0.3 is 29.2 Å². The highest BCUT2D eigenvalue weighted by Crippen LogP contribution is 2.39. The normalized spacial score (nSPS) is 15.3. The fourth-order valence-corrected chi connectivity index (χ4v) is 6.64. The first-order chi connectivity index (χ1) is 21.1. The summed E-state index contributed by atoms with van der Waals surface area (Å²) in [5, 5.41) is 19.9. The van der Waals surface area contributed by atoms with Crippen molar-refractivity contribution >= 4 is 66.4 Å². The maximum atomic E-state index is 12.7. The molecule has 0 saturated carbocycles. The number of hydrogen-bond acceptors (Lipinski definition) is 10. The summed E-state index contributed by atoms with van der Waals surface area (Å²) in [6, 6.07) is 10.9. The molecular weight excluding hydrogens is 608 g/mol. The summed E-state index contributed by atoms with van der Waals surface area (Å²) in [5.74, 6) is -1.78. The summed E-state index contributed by atoms with van der Waals surface area (Å²) >= 11 is 2.60. The number of aliphatic carboxylic acids is 2. The number of ketones is 2. The average molecular weight is 641 g/mol. The van der Waals surface area contributed by atoms with Crippen molar-refractivity contribution in [3.8, 4) is 23.0 Å². The van der Waals surface area contributed by atoms with E-state index in [2.05, 4.69) is 0 Å². The van der Waals surface area contributed by atoms with Crippen LogP contribution in [0.1, 0.15) is 58.9 Å². The summed E-state index contributed by atoms with van der Waals surface area (Å²) in [6.07, 6.45) is 0.967. The lowest BCUT2D eigenvalue weighted by Gasteiger charge is -2.16. The van der Waals surface area contributed by atoms with Crippen molar-refractivity contribution in [2.45, 2.75) is 39.5 Å². The van der Waals surface area contributed by atoms with Gasteiger partial charge in [-0.1, -0.05) is 13.8 Å². The Hall–Kier alpha value is -4.16. The Labute approximate surface area is 261 Å². The summed E-state index contributed by atoms with van der Waals surface area (Å²) in [4.78, 5) is 48.7. The number of benzene rings is 2. The van der Waals surface area contributed by atoms with E-state index in [4.69, 9.17) is 29.2 Å². The van der Waals surface area contributed by atoms with Crippen LogP contribution < -0.4 is 18.9 Å². The Bertz CT molecular complexity index is 1510. The quantitative estimate of drug-likeness (QED) is 0.199. The van der Waals surface area contributed by atoms with Gasteiger partial charge in [-0.05, 0) is 35.0 Å². The lowest BCUT2D eigenvalue weighted by atomic mass is 10.0. The molecule has 2 atom stereocenters. The van der Waals surface area contributed by atoms with Crippen LogP contribution in [0.5, 0.6) is 23.0 Å². The molecule has 1 aliphatic heterocycles. The molecule has 0 spiro atoms. The zero-order chi connectivity index (χ0) is 31.4. The van der Waals surface area contributed by atoms with Crippen LogP contribution in [-0.2, 0) is 9.59 Å². The van der Waals surface area contributed by atoms with Crippen LogP contribution in [0.25, 0.3) is 20.2 Å². The molecular formula is C32H32O10S2. The minimum Gasteiger partial charge on any atom is -0.490 e. The monoisotopic (exact) mass is 640 g/mol. The minimum absolute atomic E-state index is 0.0689. The first-order valence-electron chi connectivity index (χ1n) is 14.3. The SMILES string of the molecule is C[C@@H](CC(=O)c1cc2cc3c(cc2s1)OCCCOc1cc2sc(C(=O)C[C@H](C)C(=O)O)cc2cc1OCCCO3)C(=O)O. The number of hydrogen-bond donors (Lipinski definition) is 2. The second-order valence-electron chi connectivity index (χ2n) is 10.7. The number of carbonyl (C=O) groups is 4. The molecule has 44 heavy (non-hydrogen) atoms. The van der Waals surface area contributed by atoms with Crippen LogP contribution in [0.2, 0.25) is 0 Å². The maximum absolute atomic E-state index is 12.7. The van der Waals surface area contributed by atoms with E-state index in [-0.39, 0.29) is 24.4 Å². The van der Waals surface area contributed by atoms with Crippen molar-refractivity contribution in [1.82, 2.24) is 0 Å². The summed E-state index contributed by atoms with van der Waals surface area (Å²) in [5.41, 5.74) is 0. The lowest BCUT2D eigenvalue weighted by Crippen LogP contribution is -2.13. The van der Waals surface area contributed by atoms with E-state index < -0.39 is 23.8 Å². The fourth-order valence-electron chi connectivity index (χ4n) is 4.60. The van der Waals surface area contributed by atoms with Crippen molar-refractivity contribution in [2.75, 3.05) is 26.4 Å². The molecule has 0 saturated heterocycles. The number of thiophene rings is 2. The van der Waals surface area contributed by atoms with Crippen LogP contribution in [0, 0.1) is 11.8 Å². The van der Waals surface area contributed by atoms with Gasteiger partial charge in [-0.25, -0.2) is 0 Å². The van der Waals surface area contributed by atoms with Gasteiger partial charge in [-0.3, -0.25) is 19.2 Å². The summed E-state index contributed by atoms with van der Waals surface area (Å²) in [6.45, 7) is 4.39. The first kappa shape index (κ1) is 31.3. The summed E-state index contributed by atoms with van der Waals surface area (Å²) in [7, 11) is 0. The van der Waals surface area contributed by atoms with Gasteiger partial charge in [-0.2, -0.15) is 0 Å². The maximum Gasteiger partial charge on any atom is 0.306 e.